The number of primary amides is 1. The molecule has 0 aromatic heterocycles. The summed E-state index contributed by atoms with van der Waals surface area (Å²) >= 11 is 0. The summed E-state index contributed by atoms with van der Waals surface area (Å²) < 4.78 is 5.27. The van der Waals surface area contributed by atoms with Crippen LogP contribution in [0.25, 0.3) is 0 Å². The van der Waals surface area contributed by atoms with Gasteiger partial charge in [-0.2, -0.15) is 0 Å². The Labute approximate surface area is 179 Å². The lowest BCUT2D eigenvalue weighted by Gasteiger charge is -2.47. The van der Waals surface area contributed by atoms with Crippen LogP contribution < -0.4 is 10.5 Å². The zero-order valence-corrected chi connectivity index (χ0v) is 18.3. The fourth-order valence-corrected chi connectivity index (χ4v) is 4.46. The molecule has 0 spiro atoms. The molecule has 6 heteroatoms. The summed E-state index contributed by atoms with van der Waals surface area (Å²) in [4.78, 5) is 16.2. The number of nitrogens with two attached hydrogens (primary N) is 1. The van der Waals surface area contributed by atoms with E-state index in [9.17, 15) is 9.90 Å². The molecule has 0 radical (unpaired) electrons. The second-order valence-corrected chi connectivity index (χ2v) is 8.52. The highest BCUT2D eigenvalue weighted by Gasteiger charge is 2.44. The summed E-state index contributed by atoms with van der Waals surface area (Å²) in [7, 11) is 5.71. The number of aliphatic hydroxyl groups is 1. The molecule has 162 valence electrons. The van der Waals surface area contributed by atoms with Crippen molar-refractivity contribution in [3.05, 3.63) is 65.2 Å². The van der Waals surface area contributed by atoms with Crippen molar-refractivity contribution in [1.29, 1.82) is 0 Å². The lowest BCUT2D eigenvalue weighted by molar-refractivity contribution is -0.0916. The molecular formula is C24H33N3O3. The molecule has 1 aliphatic heterocycles. The van der Waals surface area contributed by atoms with Crippen LogP contribution in [0.15, 0.2) is 48.5 Å². The Morgan fingerprint density at radius 3 is 2.60 bits per heavy atom. The monoisotopic (exact) mass is 411 g/mol. The van der Waals surface area contributed by atoms with E-state index in [0.717, 1.165) is 30.9 Å². The van der Waals surface area contributed by atoms with Gasteiger partial charge < -0.3 is 20.5 Å². The average Bonchev–Trinajstić information content (AvgIpc) is 2.74. The minimum Gasteiger partial charge on any atom is -0.497 e. The maximum atomic E-state index is 11.8. The van der Waals surface area contributed by atoms with Crippen LogP contribution in [0.2, 0.25) is 0 Å². The molecule has 2 aromatic carbocycles. The first-order chi connectivity index (χ1) is 14.2. The van der Waals surface area contributed by atoms with Crippen molar-refractivity contribution >= 4 is 5.91 Å². The third kappa shape index (κ3) is 4.67. The van der Waals surface area contributed by atoms with Gasteiger partial charge in [-0.1, -0.05) is 24.3 Å². The first-order valence-corrected chi connectivity index (χ1v) is 10.4. The molecule has 2 aromatic rings. The molecule has 0 saturated carbocycles. The Morgan fingerprint density at radius 2 is 2.00 bits per heavy atom. The van der Waals surface area contributed by atoms with Gasteiger partial charge >= 0.3 is 0 Å². The first-order valence-electron chi connectivity index (χ1n) is 10.4. The Morgan fingerprint density at radius 1 is 1.30 bits per heavy atom. The van der Waals surface area contributed by atoms with Gasteiger partial charge in [-0.25, -0.2) is 0 Å². The molecule has 3 rings (SSSR count). The molecule has 1 heterocycles. The largest absolute Gasteiger partial charge is 0.497 e. The third-order valence-electron chi connectivity index (χ3n) is 6.29. The van der Waals surface area contributed by atoms with Crippen LogP contribution in [-0.4, -0.2) is 61.7 Å². The van der Waals surface area contributed by atoms with Crippen LogP contribution in [0.4, 0.5) is 0 Å². The molecule has 0 bridgehead atoms. The predicted octanol–water partition coefficient (Wildman–Crippen LogP) is 2.63. The van der Waals surface area contributed by atoms with Crippen LogP contribution in [0.3, 0.4) is 0 Å². The molecule has 1 amide bonds. The maximum absolute atomic E-state index is 11.8. The van der Waals surface area contributed by atoms with Gasteiger partial charge in [0.05, 0.1) is 12.7 Å². The topological polar surface area (TPSA) is 79.0 Å². The number of hydrogen-bond acceptors (Lipinski definition) is 5. The molecule has 30 heavy (non-hydrogen) atoms. The lowest BCUT2D eigenvalue weighted by Crippen LogP contribution is -2.53. The van der Waals surface area contributed by atoms with Gasteiger partial charge in [0.25, 0.3) is 0 Å². The standard InChI is InChI=1S/C24H33N3O3/c1-17(18-8-10-22(30-4)11-9-18)27-13-12-24(29,21(16-27)15-26(2)3)20-7-5-6-19(14-20)23(25)28/h5-11,14,17,21,29H,12-13,15-16H2,1-4H3,(H2,25,28). The molecule has 3 unspecified atom stereocenters. The highest BCUT2D eigenvalue weighted by atomic mass is 16.5. The second kappa shape index (κ2) is 9.16. The molecule has 0 aliphatic carbocycles. The number of ether oxygens (including phenoxy) is 1. The molecule has 6 nitrogen and oxygen atoms in total. The van der Waals surface area contributed by atoms with Crippen LogP contribution in [0.1, 0.15) is 40.9 Å². The number of rotatable bonds is 7. The van der Waals surface area contributed by atoms with Gasteiger partial charge in [0, 0.05) is 37.2 Å². The van der Waals surface area contributed by atoms with Crippen molar-refractivity contribution in [3.8, 4) is 5.75 Å². The van der Waals surface area contributed by atoms with Crippen molar-refractivity contribution in [2.24, 2.45) is 11.7 Å². The number of methoxy groups -OCH3 is 1. The number of hydrogen-bond donors (Lipinski definition) is 2. The van der Waals surface area contributed by atoms with E-state index in [1.165, 1.54) is 5.56 Å². The maximum Gasteiger partial charge on any atom is 0.248 e. The van der Waals surface area contributed by atoms with Crippen molar-refractivity contribution < 1.29 is 14.6 Å². The third-order valence-corrected chi connectivity index (χ3v) is 6.29. The van der Waals surface area contributed by atoms with Crippen molar-refractivity contribution in [2.45, 2.75) is 25.0 Å². The van der Waals surface area contributed by atoms with E-state index in [-0.39, 0.29) is 12.0 Å². The number of amides is 1. The number of piperidine rings is 1. The van der Waals surface area contributed by atoms with Crippen LogP contribution in [-0.2, 0) is 5.60 Å². The van der Waals surface area contributed by atoms with E-state index in [1.807, 2.05) is 32.3 Å². The highest BCUT2D eigenvalue weighted by Crippen LogP contribution is 2.40. The second-order valence-electron chi connectivity index (χ2n) is 8.52. The smallest absolute Gasteiger partial charge is 0.248 e. The summed E-state index contributed by atoms with van der Waals surface area (Å²) in [6.45, 7) is 4.45. The molecule has 1 aliphatic rings. The SMILES string of the molecule is COc1ccc(C(C)N2CCC(O)(c3cccc(C(N)=O)c3)C(CN(C)C)C2)cc1. The Hall–Kier alpha value is -2.41. The van der Waals surface area contributed by atoms with Gasteiger partial charge in [-0.15, -0.1) is 0 Å². The molecule has 1 saturated heterocycles. The lowest BCUT2D eigenvalue weighted by atomic mass is 9.74. The molecule has 3 atom stereocenters. The van der Waals surface area contributed by atoms with E-state index in [1.54, 1.807) is 25.3 Å². The number of carbonyl (C=O) groups excluding carboxylic acids is 1. The summed E-state index contributed by atoms with van der Waals surface area (Å²) in [5.41, 5.74) is 6.88. The van der Waals surface area contributed by atoms with E-state index < -0.39 is 11.5 Å². The summed E-state index contributed by atoms with van der Waals surface area (Å²) in [5, 5.41) is 11.8. The van der Waals surface area contributed by atoms with Crippen LogP contribution in [0, 0.1) is 5.92 Å². The Balaban J connectivity index is 1.86. The van der Waals surface area contributed by atoms with Gasteiger partial charge in [-0.3, -0.25) is 9.69 Å². The molecular weight excluding hydrogens is 378 g/mol. The fraction of sp³-hybridized carbons (Fsp3) is 0.458. The minimum atomic E-state index is -1.01. The van der Waals surface area contributed by atoms with Crippen LogP contribution >= 0.6 is 0 Å². The molecule has 3 N–H and O–H groups in total. The zero-order valence-electron chi connectivity index (χ0n) is 18.3. The van der Waals surface area contributed by atoms with Crippen molar-refractivity contribution in [1.82, 2.24) is 9.80 Å². The van der Waals surface area contributed by atoms with E-state index >= 15 is 0 Å². The fourth-order valence-electron chi connectivity index (χ4n) is 4.46. The van der Waals surface area contributed by atoms with Crippen molar-refractivity contribution in [3.63, 3.8) is 0 Å². The summed E-state index contributed by atoms with van der Waals surface area (Å²) in [6, 6.07) is 15.5. The van der Waals surface area contributed by atoms with Gasteiger partial charge in [0.1, 0.15) is 5.75 Å². The van der Waals surface area contributed by atoms with Gasteiger partial charge in [-0.05, 0) is 62.8 Å². The predicted molar refractivity (Wildman–Crippen MR) is 118 cm³/mol. The summed E-state index contributed by atoms with van der Waals surface area (Å²) in [5.74, 6) is 0.360. The number of benzene rings is 2. The van der Waals surface area contributed by atoms with Gasteiger partial charge in [0.2, 0.25) is 5.91 Å². The number of carbonyl (C=O) groups is 1. The number of likely N-dealkylation sites (tertiary alicyclic amines) is 1. The zero-order chi connectivity index (χ0) is 21.9. The minimum absolute atomic E-state index is 0.00919. The first kappa shape index (κ1) is 22.3. The van der Waals surface area contributed by atoms with Crippen molar-refractivity contribution in [2.75, 3.05) is 40.8 Å². The van der Waals surface area contributed by atoms with E-state index in [4.69, 9.17) is 10.5 Å². The normalized spacial score (nSPS) is 23.3. The van der Waals surface area contributed by atoms with Crippen LogP contribution in [0.5, 0.6) is 5.75 Å². The van der Waals surface area contributed by atoms with Gasteiger partial charge in [0.15, 0.2) is 0 Å². The summed E-state index contributed by atoms with van der Waals surface area (Å²) in [6.07, 6.45) is 0.591. The Kier molecular flexibility index (Phi) is 6.81. The van der Waals surface area contributed by atoms with E-state index in [2.05, 4.69) is 28.9 Å². The average molecular weight is 412 g/mol. The number of nitrogens with zero attached hydrogens (tertiary/aromatic N) is 2. The quantitative estimate of drug-likeness (QED) is 0.732. The molecule has 1 fully saturated rings. The Bertz CT molecular complexity index is 868. The van der Waals surface area contributed by atoms with E-state index in [0.29, 0.717) is 12.0 Å². The highest BCUT2D eigenvalue weighted by molar-refractivity contribution is 5.92.